The fourth-order valence-electron chi connectivity index (χ4n) is 1.46. The van der Waals surface area contributed by atoms with E-state index in [1.165, 1.54) is 6.42 Å². The number of hydrogen-bond acceptors (Lipinski definition) is 1. The molecular weight excluding hydrogens is 148 g/mol. The maximum atomic E-state index is 5.69. The molecule has 1 unspecified atom stereocenters. The van der Waals surface area contributed by atoms with Crippen LogP contribution in [-0.4, -0.2) is 6.10 Å². The molecular formula is C11H12O. The third-order valence-electron chi connectivity index (χ3n) is 2.10. The van der Waals surface area contributed by atoms with Crippen molar-refractivity contribution in [3.63, 3.8) is 0 Å². The Bertz CT molecular complexity index is 224. The second kappa shape index (κ2) is 3.61. The van der Waals surface area contributed by atoms with Crippen molar-refractivity contribution < 1.29 is 4.74 Å². The van der Waals surface area contributed by atoms with Gasteiger partial charge >= 0.3 is 0 Å². The zero-order valence-corrected chi connectivity index (χ0v) is 6.99. The van der Waals surface area contributed by atoms with Gasteiger partial charge in [-0.05, 0) is 31.7 Å². The maximum Gasteiger partial charge on any atom is 0.127 e. The van der Waals surface area contributed by atoms with Gasteiger partial charge in [0.1, 0.15) is 5.75 Å². The third kappa shape index (κ3) is 1.79. The van der Waals surface area contributed by atoms with Gasteiger partial charge in [0, 0.05) is 6.07 Å². The molecule has 2 radical (unpaired) electrons. The summed E-state index contributed by atoms with van der Waals surface area (Å²) in [5.74, 6) is 0.873. The number of benzene rings is 1. The van der Waals surface area contributed by atoms with Crippen LogP contribution in [0.1, 0.15) is 19.3 Å². The van der Waals surface area contributed by atoms with Gasteiger partial charge < -0.3 is 4.74 Å². The fourth-order valence-corrected chi connectivity index (χ4v) is 1.46. The maximum absolute atomic E-state index is 5.69. The van der Waals surface area contributed by atoms with E-state index in [-0.39, 0.29) is 0 Å². The average molecular weight is 160 g/mol. The van der Waals surface area contributed by atoms with E-state index in [2.05, 4.69) is 12.5 Å². The molecule has 0 N–H and O–H groups in total. The molecule has 0 heterocycles. The minimum Gasteiger partial charge on any atom is -0.490 e. The lowest BCUT2D eigenvalue weighted by atomic mass is 10.3. The van der Waals surface area contributed by atoms with Gasteiger partial charge in [0.05, 0.1) is 6.10 Å². The zero-order valence-electron chi connectivity index (χ0n) is 6.99. The van der Waals surface area contributed by atoms with Gasteiger partial charge in [-0.3, -0.25) is 0 Å². The van der Waals surface area contributed by atoms with E-state index in [4.69, 9.17) is 4.74 Å². The molecule has 2 rings (SSSR count). The highest BCUT2D eigenvalue weighted by molar-refractivity contribution is 5.19. The van der Waals surface area contributed by atoms with Crippen molar-refractivity contribution in [3.8, 4) is 5.75 Å². The number of para-hydroxylation sites is 1. The zero-order chi connectivity index (χ0) is 8.23. The van der Waals surface area contributed by atoms with Crippen LogP contribution in [0.4, 0.5) is 0 Å². The summed E-state index contributed by atoms with van der Waals surface area (Å²) in [6.07, 6.45) is 6.11. The number of ether oxygens (including phenoxy) is 1. The van der Waals surface area contributed by atoms with Crippen LogP contribution in [0.3, 0.4) is 0 Å². The molecule has 1 aliphatic rings. The van der Waals surface area contributed by atoms with Crippen molar-refractivity contribution in [2.75, 3.05) is 0 Å². The first-order chi connectivity index (χ1) is 5.95. The van der Waals surface area contributed by atoms with E-state index in [1.807, 2.05) is 24.3 Å². The molecule has 0 spiro atoms. The average Bonchev–Trinajstić information content (AvgIpc) is 2.59. The van der Waals surface area contributed by atoms with Crippen LogP contribution in [0.25, 0.3) is 0 Å². The molecule has 1 aliphatic carbocycles. The summed E-state index contributed by atoms with van der Waals surface area (Å²) in [4.78, 5) is 0. The fraction of sp³-hybridized carbons (Fsp3) is 0.364. The van der Waals surface area contributed by atoms with Crippen molar-refractivity contribution >= 4 is 0 Å². The molecule has 12 heavy (non-hydrogen) atoms. The molecule has 1 aromatic carbocycles. The molecule has 1 atom stereocenters. The molecule has 0 amide bonds. The smallest absolute Gasteiger partial charge is 0.127 e. The molecule has 1 saturated carbocycles. The van der Waals surface area contributed by atoms with Crippen molar-refractivity contribution in [3.05, 3.63) is 36.8 Å². The first kappa shape index (κ1) is 7.66. The Labute approximate surface area is 73.4 Å². The largest absolute Gasteiger partial charge is 0.490 e. The molecule has 1 aromatic rings. The monoisotopic (exact) mass is 160 g/mol. The molecule has 62 valence electrons. The summed E-state index contributed by atoms with van der Waals surface area (Å²) < 4.78 is 5.69. The van der Waals surface area contributed by atoms with E-state index >= 15 is 0 Å². The van der Waals surface area contributed by atoms with E-state index in [1.54, 1.807) is 0 Å². The SMILES string of the molecule is [c]1ccccc1OC1C[CH]CC1. The summed E-state index contributed by atoms with van der Waals surface area (Å²) in [6.45, 7) is 0. The first-order valence-electron chi connectivity index (χ1n) is 4.40. The minimum atomic E-state index is 0.392. The molecule has 0 aliphatic heterocycles. The van der Waals surface area contributed by atoms with E-state index in [0.717, 1.165) is 18.6 Å². The molecule has 1 fully saturated rings. The van der Waals surface area contributed by atoms with Crippen LogP contribution in [0.2, 0.25) is 0 Å². The minimum absolute atomic E-state index is 0.392. The van der Waals surface area contributed by atoms with Crippen LogP contribution >= 0.6 is 0 Å². The van der Waals surface area contributed by atoms with Gasteiger partial charge in [0.25, 0.3) is 0 Å². The first-order valence-corrected chi connectivity index (χ1v) is 4.40. The Morgan fingerprint density at radius 3 is 3.08 bits per heavy atom. The normalized spacial score (nSPS) is 18.0. The number of rotatable bonds is 2. The number of hydrogen-bond donors (Lipinski definition) is 0. The summed E-state index contributed by atoms with van der Waals surface area (Å²) in [5, 5.41) is 0. The molecule has 1 nitrogen and oxygen atoms in total. The van der Waals surface area contributed by atoms with Crippen molar-refractivity contribution in [2.24, 2.45) is 0 Å². The molecule has 0 saturated heterocycles. The van der Waals surface area contributed by atoms with Gasteiger partial charge in [-0.1, -0.05) is 18.2 Å². The highest BCUT2D eigenvalue weighted by atomic mass is 16.5. The standard InChI is InChI=1S/C11H12O/c1-2-6-10(7-3-1)12-11-8-4-5-9-11/h1-4,6,11H,5,8-9H2. The quantitative estimate of drug-likeness (QED) is 0.646. The Morgan fingerprint density at radius 2 is 2.42 bits per heavy atom. The molecule has 1 heteroatoms. The predicted molar refractivity (Wildman–Crippen MR) is 47.8 cm³/mol. The summed E-state index contributed by atoms with van der Waals surface area (Å²) in [7, 11) is 0. The Balaban J connectivity index is 1.94. The third-order valence-corrected chi connectivity index (χ3v) is 2.10. The van der Waals surface area contributed by atoms with Crippen molar-refractivity contribution in [2.45, 2.75) is 25.4 Å². The van der Waals surface area contributed by atoms with Gasteiger partial charge in [-0.2, -0.15) is 0 Å². The van der Waals surface area contributed by atoms with Crippen molar-refractivity contribution in [1.29, 1.82) is 0 Å². The van der Waals surface area contributed by atoms with Crippen LogP contribution in [-0.2, 0) is 0 Å². The topological polar surface area (TPSA) is 9.23 Å². The highest BCUT2D eigenvalue weighted by Gasteiger charge is 2.16. The second-order valence-corrected chi connectivity index (χ2v) is 3.07. The Kier molecular flexibility index (Phi) is 2.31. The summed E-state index contributed by atoms with van der Waals surface area (Å²) in [6, 6.07) is 10.8. The van der Waals surface area contributed by atoms with Gasteiger partial charge in [-0.15, -0.1) is 0 Å². The van der Waals surface area contributed by atoms with Gasteiger partial charge in [-0.25, -0.2) is 0 Å². The van der Waals surface area contributed by atoms with E-state index in [9.17, 15) is 0 Å². The van der Waals surface area contributed by atoms with Crippen LogP contribution in [0.5, 0.6) is 5.75 Å². The van der Waals surface area contributed by atoms with Gasteiger partial charge in [0.15, 0.2) is 0 Å². The summed E-state index contributed by atoms with van der Waals surface area (Å²) >= 11 is 0. The predicted octanol–water partition coefficient (Wildman–Crippen LogP) is 2.62. The van der Waals surface area contributed by atoms with E-state index in [0.29, 0.717) is 6.10 Å². The van der Waals surface area contributed by atoms with Crippen LogP contribution in [0, 0.1) is 12.5 Å². The highest BCUT2D eigenvalue weighted by Crippen LogP contribution is 2.22. The molecule has 0 bridgehead atoms. The van der Waals surface area contributed by atoms with Crippen LogP contribution < -0.4 is 4.74 Å². The second-order valence-electron chi connectivity index (χ2n) is 3.07. The lowest BCUT2D eigenvalue weighted by molar-refractivity contribution is 0.212. The Hall–Kier alpha value is -0.980. The van der Waals surface area contributed by atoms with Gasteiger partial charge in [0.2, 0.25) is 0 Å². The van der Waals surface area contributed by atoms with E-state index < -0.39 is 0 Å². The molecule has 0 aromatic heterocycles. The Morgan fingerprint density at radius 1 is 1.42 bits per heavy atom. The lowest BCUT2D eigenvalue weighted by Crippen LogP contribution is -2.10. The van der Waals surface area contributed by atoms with Crippen molar-refractivity contribution in [1.82, 2.24) is 0 Å². The summed E-state index contributed by atoms with van der Waals surface area (Å²) in [5.41, 5.74) is 0. The lowest BCUT2D eigenvalue weighted by Gasteiger charge is -2.11. The van der Waals surface area contributed by atoms with Crippen LogP contribution in [0.15, 0.2) is 24.3 Å².